The second-order valence-electron chi connectivity index (χ2n) is 11.8. The molecule has 3 amide bonds. The Morgan fingerprint density at radius 2 is 1.92 bits per heavy atom. The lowest BCUT2D eigenvalue weighted by atomic mass is 10.1. The van der Waals surface area contributed by atoms with Crippen molar-refractivity contribution in [3.05, 3.63) is 69.6 Å². The number of carboxylic acid groups (broad SMARTS) is 1. The molecule has 3 heterocycles. The summed E-state index contributed by atoms with van der Waals surface area (Å²) in [4.78, 5) is 46.8. The molecule has 4 unspecified atom stereocenters. The van der Waals surface area contributed by atoms with E-state index in [2.05, 4.69) is 36.5 Å². The quantitative estimate of drug-likeness (QED) is 0.189. The Morgan fingerprint density at radius 1 is 1.10 bits per heavy atom. The number of hydrogen-bond acceptors (Lipinski definition) is 12. The first-order valence-electron chi connectivity index (χ1n) is 15.8. The number of carboxylic acids is 1. The van der Waals surface area contributed by atoms with Gasteiger partial charge in [0.25, 0.3) is 0 Å². The Labute approximate surface area is 296 Å². The van der Waals surface area contributed by atoms with E-state index in [4.69, 9.17) is 29.4 Å². The summed E-state index contributed by atoms with van der Waals surface area (Å²) < 4.78 is 29.6. The molecule has 0 spiro atoms. The van der Waals surface area contributed by atoms with Crippen LogP contribution in [0.25, 0.3) is 0 Å². The van der Waals surface area contributed by atoms with Crippen LogP contribution in [0.1, 0.15) is 35.2 Å². The standard InChI is InChI=1S/C33H39BrN6O10/c1-18-7-27(25(11-24(18)34)38-32(44)39-29-14-36-19(2)13-37-29)47-17-23-15-40(5-6-46-23)33(45)48-16-20-3-4-26(21(8-20)12-35)49-30-10-22(41)9-28(50-30)31(42)43/h3-4,7-8,11,13-14,22-23,28,30,41H,5-6,9-10,12,15-17,35H2,1-2H3,(H,42,43)(H2,37,38,39,44). The first-order valence-corrected chi connectivity index (χ1v) is 16.6. The number of aryl methyl sites for hydroxylation is 2. The molecule has 0 saturated carbocycles. The lowest BCUT2D eigenvalue weighted by molar-refractivity contribution is -0.195. The number of nitrogens with two attached hydrogens (primary N) is 1. The minimum Gasteiger partial charge on any atom is -0.489 e. The molecule has 16 nitrogen and oxygen atoms in total. The third-order valence-corrected chi connectivity index (χ3v) is 8.72. The first kappa shape index (κ1) is 36.7. The Morgan fingerprint density at radius 3 is 2.66 bits per heavy atom. The first-order chi connectivity index (χ1) is 24.0. The molecule has 17 heteroatoms. The van der Waals surface area contributed by atoms with Crippen molar-refractivity contribution in [3.63, 3.8) is 0 Å². The van der Waals surface area contributed by atoms with Crippen molar-refractivity contribution >= 4 is 45.5 Å². The molecule has 2 aromatic carbocycles. The largest absolute Gasteiger partial charge is 0.489 e. The highest BCUT2D eigenvalue weighted by Crippen LogP contribution is 2.32. The number of urea groups is 1. The lowest BCUT2D eigenvalue weighted by Gasteiger charge is -2.32. The van der Waals surface area contributed by atoms with Crippen LogP contribution in [0.5, 0.6) is 11.5 Å². The molecular weight excluding hydrogens is 720 g/mol. The number of halogens is 1. The highest BCUT2D eigenvalue weighted by Gasteiger charge is 2.34. The molecule has 2 fully saturated rings. The Balaban J connectivity index is 1.13. The lowest BCUT2D eigenvalue weighted by Crippen LogP contribution is -2.47. The topological polar surface area (TPSA) is 217 Å². The zero-order valence-corrected chi connectivity index (χ0v) is 29.1. The molecule has 5 rings (SSSR count). The van der Waals surface area contributed by atoms with Gasteiger partial charge >= 0.3 is 18.1 Å². The van der Waals surface area contributed by atoms with Gasteiger partial charge < -0.3 is 49.8 Å². The summed E-state index contributed by atoms with van der Waals surface area (Å²) in [6.07, 6.45) is -0.907. The predicted octanol–water partition coefficient (Wildman–Crippen LogP) is 3.70. The molecule has 0 radical (unpaired) electrons. The number of carbonyl (C=O) groups excluding carboxylic acids is 2. The fourth-order valence-corrected chi connectivity index (χ4v) is 5.58. The number of carbonyl (C=O) groups is 3. The zero-order valence-electron chi connectivity index (χ0n) is 27.5. The van der Waals surface area contributed by atoms with E-state index in [1.165, 1.54) is 11.1 Å². The second kappa shape index (κ2) is 16.9. The molecule has 3 aromatic rings. The number of ether oxygens (including phenoxy) is 5. The smallest absolute Gasteiger partial charge is 0.410 e. The number of nitrogens with zero attached hydrogens (tertiary/aromatic N) is 3. The van der Waals surface area contributed by atoms with Crippen LogP contribution < -0.4 is 25.8 Å². The average molecular weight is 760 g/mol. The Kier molecular flexibility index (Phi) is 12.4. The number of aliphatic carboxylic acids is 1. The number of aromatic nitrogens is 2. The molecule has 50 heavy (non-hydrogen) atoms. The molecule has 6 N–H and O–H groups in total. The number of morpholine rings is 1. The summed E-state index contributed by atoms with van der Waals surface area (Å²) in [6.45, 7) is 4.67. The number of amides is 3. The van der Waals surface area contributed by atoms with Gasteiger partial charge in [0, 0.05) is 36.0 Å². The van der Waals surface area contributed by atoms with E-state index in [9.17, 15) is 24.6 Å². The van der Waals surface area contributed by atoms with Crippen molar-refractivity contribution in [1.82, 2.24) is 14.9 Å². The average Bonchev–Trinajstić information content (AvgIpc) is 3.09. The SMILES string of the molecule is Cc1cnc(NC(=O)Nc2cc(Br)c(C)cc2OCC2CN(C(=O)OCc3ccc(OC4CC(O)CC(C(=O)O)O4)c(CN)c3)CCO2)cn1. The fraction of sp³-hybridized carbons (Fsp3) is 0.424. The molecule has 0 aliphatic carbocycles. The molecular formula is C33H39BrN6O10. The highest BCUT2D eigenvalue weighted by molar-refractivity contribution is 9.10. The molecule has 2 aliphatic heterocycles. The maximum atomic E-state index is 13.0. The van der Waals surface area contributed by atoms with Gasteiger partial charge in [-0.15, -0.1) is 0 Å². The number of nitrogens with one attached hydrogen (secondary N) is 2. The van der Waals surface area contributed by atoms with Gasteiger partial charge in [0.1, 0.15) is 30.8 Å². The van der Waals surface area contributed by atoms with E-state index in [1.807, 2.05) is 6.92 Å². The van der Waals surface area contributed by atoms with Crippen molar-refractivity contribution in [2.24, 2.45) is 5.73 Å². The van der Waals surface area contributed by atoms with Gasteiger partial charge in [0.2, 0.25) is 6.29 Å². The molecule has 2 aliphatic rings. The van der Waals surface area contributed by atoms with Crippen molar-refractivity contribution < 1.29 is 48.3 Å². The molecule has 0 bridgehead atoms. The third kappa shape index (κ3) is 10.0. The van der Waals surface area contributed by atoms with Crippen LogP contribution in [0.2, 0.25) is 0 Å². The van der Waals surface area contributed by atoms with E-state index in [1.54, 1.807) is 43.5 Å². The minimum atomic E-state index is -1.18. The van der Waals surface area contributed by atoms with Crippen molar-refractivity contribution in [1.29, 1.82) is 0 Å². The highest BCUT2D eigenvalue weighted by atomic mass is 79.9. The number of hydrogen-bond donors (Lipinski definition) is 5. The monoisotopic (exact) mass is 758 g/mol. The summed E-state index contributed by atoms with van der Waals surface area (Å²) in [5.41, 5.74) is 9.21. The number of aliphatic hydroxyl groups is 1. The summed E-state index contributed by atoms with van der Waals surface area (Å²) in [7, 11) is 0. The summed E-state index contributed by atoms with van der Waals surface area (Å²) in [6, 6.07) is 8.05. The van der Waals surface area contributed by atoms with Crippen LogP contribution in [0.3, 0.4) is 0 Å². The molecule has 1 aromatic heterocycles. The van der Waals surface area contributed by atoms with Crippen molar-refractivity contribution in [2.75, 3.05) is 36.9 Å². The second-order valence-corrected chi connectivity index (χ2v) is 12.7. The van der Waals surface area contributed by atoms with Crippen LogP contribution in [0.4, 0.5) is 21.1 Å². The van der Waals surface area contributed by atoms with Gasteiger partial charge in [-0.2, -0.15) is 0 Å². The summed E-state index contributed by atoms with van der Waals surface area (Å²) >= 11 is 3.49. The normalized spacial score (nSPS) is 20.5. The molecule has 4 atom stereocenters. The zero-order chi connectivity index (χ0) is 35.8. The van der Waals surface area contributed by atoms with Crippen LogP contribution in [0.15, 0.2) is 47.2 Å². The molecule has 2 saturated heterocycles. The maximum Gasteiger partial charge on any atom is 0.410 e. The van der Waals surface area contributed by atoms with Crippen LogP contribution in [0, 0.1) is 13.8 Å². The molecule has 268 valence electrons. The van der Waals surface area contributed by atoms with E-state index >= 15 is 0 Å². The Hall–Kier alpha value is -4.55. The van der Waals surface area contributed by atoms with Gasteiger partial charge in [-0.3, -0.25) is 10.3 Å². The van der Waals surface area contributed by atoms with Gasteiger partial charge in [0.15, 0.2) is 11.9 Å². The summed E-state index contributed by atoms with van der Waals surface area (Å²) in [5, 5.41) is 24.7. The van der Waals surface area contributed by atoms with E-state index < -0.39 is 42.7 Å². The number of rotatable bonds is 11. The van der Waals surface area contributed by atoms with Crippen LogP contribution in [-0.2, 0) is 32.2 Å². The fourth-order valence-electron chi connectivity index (χ4n) is 5.24. The predicted molar refractivity (Wildman–Crippen MR) is 182 cm³/mol. The van der Waals surface area contributed by atoms with Crippen molar-refractivity contribution in [2.45, 2.75) is 64.4 Å². The van der Waals surface area contributed by atoms with Gasteiger partial charge in [-0.05, 0) is 49.2 Å². The van der Waals surface area contributed by atoms with Crippen LogP contribution >= 0.6 is 15.9 Å². The van der Waals surface area contributed by atoms with Crippen LogP contribution in [-0.4, -0.2) is 94.1 Å². The Bertz CT molecular complexity index is 1680. The number of anilines is 2. The van der Waals surface area contributed by atoms with E-state index in [0.29, 0.717) is 40.7 Å². The van der Waals surface area contributed by atoms with E-state index in [-0.39, 0.29) is 45.8 Å². The number of aliphatic hydroxyl groups excluding tert-OH is 1. The summed E-state index contributed by atoms with van der Waals surface area (Å²) in [5.74, 6) is -0.0953. The van der Waals surface area contributed by atoms with Gasteiger partial charge in [-0.1, -0.05) is 22.0 Å². The number of benzene rings is 2. The van der Waals surface area contributed by atoms with E-state index in [0.717, 1.165) is 15.7 Å². The van der Waals surface area contributed by atoms with Crippen molar-refractivity contribution in [3.8, 4) is 11.5 Å². The maximum absolute atomic E-state index is 13.0. The third-order valence-electron chi connectivity index (χ3n) is 7.86. The minimum absolute atomic E-state index is 0.0183. The van der Waals surface area contributed by atoms with Gasteiger partial charge in [-0.25, -0.2) is 19.4 Å². The van der Waals surface area contributed by atoms with Gasteiger partial charge in [0.05, 0.1) is 43.0 Å².